The second-order valence-corrected chi connectivity index (χ2v) is 15.0. The zero-order chi connectivity index (χ0) is 25.6. The average molecular weight is 485 g/mol. The van der Waals surface area contributed by atoms with Crippen LogP contribution in [0.2, 0.25) is 0 Å². The third-order valence-corrected chi connectivity index (χ3v) is 12.6. The predicted octanol–water partition coefficient (Wildman–Crippen LogP) is 8.12. The number of epoxide rings is 1. The molecule has 1 saturated heterocycles. The molecule has 9 atom stereocenters. The lowest BCUT2D eigenvalue weighted by Crippen LogP contribution is -2.63. The third-order valence-electron chi connectivity index (χ3n) is 12.6. The number of carbonyl (C=O) groups excluding carboxylic acids is 1. The molecule has 0 aromatic rings. The lowest BCUT2D eigenvalue weighted by atomic mass is 9.40. The van der Waals surface area contributed by atoms with Crippen LogP contribution >= 0.6 is 0 Å². The van der Waals surface area contributed by atoms with Gasteiger partial charge in [0.1, 0.15) is 11.7 Å². The van der Waals surface area contributed by atoms with Gasteiger partial charge in [-0.1, -0.05) is 80.7 Å². The first kappa shape index (κ1) is 25.8. The number of rotatable bonds is 6. The van der Waals surface area contributed by atoms with E-state index in [2.05, 4.69) is 61.5 Å². The molecule has 0 radical (unpaired) electrons. The Kier molecular flexibility index (Phi) is 5.96. The summed E-state index contributed by atoms with van der Waals surface area (Å²) in [4.78, 5) is 11.9. The number of hydrogen-bond donors (Lipinski definition) is 0. The summed E-state index contributed by atoms with van der Waals surface area (Å²) >= 11 is 0. The monoisotopic (exact) mass is 484 g/mol. The Morgan fingerprint density at radius 2 is 1.77 bits per heavy atom. The summed E-state index contributed by atoms with van der Waals surface area (Å²) in [7, 11) is 0. The fourth-order valence-corrected chi connectivity index (χ4v) is 10.5. The highest BCUT2D eigenvalue weighted by Crippen LogP contribution is 2.80. The van der Waals surface area contributed by atoms with Crippen LogP contribution in [-0.2, 0) is 14.3 Å². The molecule has 3 nitrogen and oxygen atoms in total. The van der Waals surface area contributed by atoms with Crippen molar-refractivity contribution in [3.8, 4) is 0 Å². The predicted molar refractivity (Wildman–Crippen MR) is 142 cm³/mol. The fourth-order valence-electron chi connectivity index (χ4n) is 10.5. The zero-order valence-corrected chi connectivity index (χ0v) is 24.1. The first-order chi connectivity index (χ1) is 16.2. The van der Waals surface area contributed by atoms with E-state index in [1.807, 2.05) is 0 Å². The molecule has 1 heterocycles. The Bertz CT molecular complexity index is 902. The van der Waals surface area contributed by atoms with Gasteiger partial charge in [0.05, 0.1) is 6.10 Å². The highest BCUT2D eigenvalue weighted by atomic mass is 16.6. The van der Waals surface area contributed by atoms with Gasteiger partial charge >= 0.3 is 5.97 Å². The molecule has 3 heteroatoms. The molecule has 5 rings (SSSR count). The molecule has 0 aromatic heterocycles. The van der Waals surface area contributed by atoms with Crippen molar-refractivity contribution in [3.63, 3.8) is 0 Å². The van der Waals surface area contributed by atoms with Gasteiger partial charge in [0.2, 0.25) is 0 Å². The Morgan fingerprint density at radius 3 is 2.43 bits per heavy atom. The number of carbonyl (C=O) groups is 1. The van der Waals surface area contributed by atoms with Gasteiger partial charge in [0.15, 0.2) is 0 Å². The van der Waals surface area contributed by atoms with E-state index in [-0.39, 0.29) is 33.9 Å². The van der Waals surface area contributed by atoms with Crippen molar-refractivity contribution in [2.75, 3.05) is 0 Å². The molecule has 198 valence electrons. The minimum atomic E-state index is -0.141. The fraction of sp³-hybridized carbons (Fsp3) is 0.906. The van der Waals surface area contributed by atoms with Gasteiger partial charge < -0.3 is 9.47 Å². The van der Waals surface area contributed by atoms with E-state index in [0.717, 1.165) is 37.0 Å². The SMILES string of the molecule is CC(=O)O[C@H]1CC[C@@]2(C)[C@@H](CC=C3[C@]4(C)CC[C@H]([C@H](C)CCCC(C)C)[C@@]4(C)C[C@H]4O[C@@]342)C1(C)C. The lowest BCUT2D eigenvalue weighted by Gasteiger charge is -2.63. The van der Waals surface area contributed by atoms with Crippen molar-refractivity contribution < 1.29 is 14.3 Å². The molecular formula is C32H52O3. The van der Waals surface area contributed by atoms with Gasteiger partial charge in [-0.25, -0.2) is 0 Å². The molecule has 1 aliphatic heterocycles. The Labute approximate surface area is 215 Å². The van der Waals surface area contributed by atoms with Crippen molar-refractivity contribution in [2.24, 2.45) is 45.3 Å². The highest BCUT2D eigenvalue weighted by molar-refractivity contribution is 5.66. The third kappa shape index (κ3) is 3.34. The maximum absolute atomic E-state index is 11.9. The smallest absolute Gasteiger partial charge is 0.302 e. The molecule has 0 N–H and O–H groups in total. The molecule has 4 aliphatic carbocycles. The van der Waals surface area contributed by atoms with Gasteiger partial charge in [0, 0.05) is 17.8 Å². The van der Waals surface area contributed by atoms with E-state index in [0.29, 0.717) is 17.4 Å². The molecule has 0 aromatic carbocycles. The number of fused-ring (bicyclic) bond motifs is 3. The summed E-state index contributed by atoms with van der Waals surface area (Å²) in [6.07, 6.45) is 14.1. The van der Waals surface area contributed by atoms with E-state index in [9.17, 15) is 4.79 Å². The maximum atomic E-state index is 11.9. The van der Waals surface area contributed by atoms with Crippen LogP contribution in [0.5, 0.6) is 0 Å². The summed E-state index contributed by atoms with van der Waals surface area (Å²) in [5.41, 5.74) is 2.22. The van der Waals surface area contributed by atoms with Gasteiger partial charge in [-0.15, -0.1) is 0 Å². The first-order valence-corrected chi connectivity index (χ1v) is 14.8. The highest BCUT2D eigenvalue weighted by Gasteiger charge is 2.81. The summed E-state index contributed by atoms with van der Waals surface area (Å²) in [6, 6.07) is 0. The first-order valence-electron chi connectivity index (χ1n) is 14.8. The number of esters is 1. The van der Waals surface area contributed by atoms with Crippen LogP contribution in [0.15, 0.2) is 11.6 Å². The largest absolute Gasteiger partial charge is 0.462 e. The van der Waals surface area contributed by atoms with Crippen LogP contribution in [0.4, 0.5) is 0 Å². The molecule has 1 spiro atoms. The van der Waals surface area contributed by atoms with E-state index >= 15 is 0 Å². The number of hydrogen-bond acceptors (Lipinski definition) is 3. The van der Waals surface area contributed by atoms with E-state index in [1.54, 1.807) is 12.5 Å². The molecule has 3 saturated carbocycles. The summed E-state index contributed by atoms with van der Waals surface area (Å²) in [6.45, 7) is 21.3. The average Bonchev–Trinajstić information content (AvgIpc) is 3.38. The van der Waals surface area contributed by atoms with Crippen LogP contribution in [0.1, 0.15) is 120 Å². The number of ether oxygens (including phenoxy) is 2. The van der Waals surface area contributed by atoms with Crippen molar-refractivity contribution >= 4 is 5.97 Å². The molecule has 5 aliphatic rings. The molecule has 0 amide bonds. The second-order valence-electron chi connectivity index (χ2n) is 15.0. The van der Waals surface area contributed by atoms with Crippen molar-refractivity contribution in [1.82, 2.24) is 0 Å². The minimum Gasteiger partial charge on any atom is -0.462 e. The molecule has 4 fully saturated rings. The standard InChI is InChI=1S/C32H52O3/c1-20(2)11-10-12-21(3)23-15-17-29(7)25-14-13-24-28(5,6)26(34-22(4)33)16-18-30(24,8)32(25)27(35-32)19-31(23,29)9/h14,20-21,23-24,26-27H,10-13,15-19H2,1-9H3/t21-,23-,24+,26+,27-,29+,30+,31-,32+/m1/s1. The van der Waals surface area contributed by atoms with Gasteiger partial charge in [-0.3, -0.25) is 4.79 Å². The quantitative estimate of drug-likeness (QED) is 0.217. The van der Waals surface area contributed by atoms with Gasteiger partial charge in [-0.2, -0.15) is 0 Å². The van der Waals surface area contributed by atoms with Crippen LogP contribution < -0.4 is 0 Å². The van der Waals surface area contributed by atoms with E-state index < -0.39 is 0 Å². The van der Waals surface area contributed by atoms with Crippen LogP contribution in [0.25, 0.3) is 0 Å². The number of allylic oxidation sites excluding steroid dienone is 1. The van der Waals surface area contributed by atoms with E-state index in [1.165, 1.54) is 38.5 Å². The van der Waals surface area contributed by atoms with Crippen LogP contribution in [-0.4, -0.2) is 23.8 Å². The summed E-state index contributed by atoms with van der Waals surface area (Å²) in [5.74, 6) is 2.73. The van der Waals surface area contributed by atoms with Crippen molar-refractivity contribution in [1.29, 1.82) is 0 Å². The van der Waals surface area contributed by atoms with E-state index in [4.69, 9.17) is 9.47 Å². The molecule has 35 heavy (non-hydrogen) atoms. The minimum absolute atomic E-state index is 0.00798. The molecular weight excluding hydrogens is 432 g/mol. The van der Waals surface area contributed by atoms with Crippen LogP contribution in [0, 0.1) is 45.3 Å². The zero-order valence-electron chi connectivity index (χ0n) is 24.1. The Balaban J connectivity index is 1.45. The van der Waals surface area contributed by atoms with Gasteiger partial charge in [-0.05, 0) is 78.6 Å². The normalized spacial score (nSPS) is 48.2. The Hall–Kier alpha value is -0.830. The lowest BCUT2D eigenvalue weighted by molar-refractivity contribution is -0.174. The van der Waals surface area contributed by atoms with Crippen LogP contribution in [0.3, 0.4) is 0 Å². The Morgan fingerprint density at radius 1 is 1.06 bits per heavy atom. The van der Waals surface area contributed by atoms with Crippen molar-refractivity contribution in [2.45, 2.75) is 138 Å². The van der Waals surface area contributed by atoms with Crippen molar-refractivity contribution in [3.05, 3.63) is 11.6 Å². The summed E-state index contributed by atoms with van der Waals surface area (Å²) in [5, 5.41) is 0. The topological polar surface area (TPSA) is 38.8 Å². The van der Waals surface area contributed by atoms with Gasteiger partial charge in [0.25, 0.3) is 0 Å². The maximum Gasteiger partial charge on any atom is 0.302 e. The molecule has 0 unspecified atom stereocenters. The second kappa shape index (κ2) is 8.08. The summed E-state index contributed by atoms with van der Waals surface area (Å²) < 4.78 is 12.9. The molecule has 0 bridgehead atoms.